The fourth-order valence-corrected chi connectivity index (χ4v) is 2.28. The standard InChI is InChI=1S/C14H13N5O2/c1-9-12(8-18(2)17-9)16-11-5-6-13(19(20)21)14-10(11)4-3-7-15-14/h3-8,16H,1-2H3. The molecule has 0 radical (unpaired) electrons. The number of nitro groups is 1. The fourth-order valence-electron chi connectivity index (χ4n) is 2.28. The lowest BCUT2D eigenvalue weighted by Gasteiger charge is -2.08. The predicted molar refractivity (Wildman–Crippen MR) is 79.6 cm³/mol. The van der Waals surface area contributed by atoms with E-state index in [0.29, 0.717) is 10.9 Å². The Morgan fingerprint density at radius 3 is 2.76 bits per heavy atom. The van der Waals surface area contributed by atoms with Crippen LogP contribution in [0, 0.1) is 17.0 Å². The average Bonchev–Trinajstić information content (AvgIpc) is 2.77. The van der Waals surface area contributed by atoms with Gasteiger partial charge < -0.3 is 5.32 Å². The van der Waals surface area contributed by atoms with E-state index >= 15 is 0 Å². The van der Waals surface area contributed by atoms with Crippen molar-refractivity contribution in [2.75, 3.05) is 5.32 Å². The highest BCUT2D eigenvalue weighted by Crippen LogP contribution is 2.31. The number of nitrogens with one attached hydrogen (secondary N) is 1. The molecule has 3 rings (SSSR count). The highest BCUT2D eigenvalue weighted by Gasteiger charge is 2.16. The minimum Gasteiger partial charge on any atom is -0.352 e. The first-order chi connectivity index (χ1) is 10.1. The first kappa shape index (κ1) is 13.0. The first-order valence-electron chi connectivity index (χ1n) is 6.35. The molecule has 0 aliphatic carbocycles. The molecule has 0 amide bonds. The van der Waals surface area contributed by atoms with Gasteiger partial charge in [0.2, 0.25) is 0 Å². The van der Waals surface area contributed by atoms with E-state index in [1.165, 1.54) is 6.07 Å². The van der Waals surface area contributed by atoms with E-state index in [9.17, 15) is 10.1 Å². The average molecular weight is 283 g/mol. The van der Waals surface area contributed by atoms with Crippen molar-refractivity contribution in [2.45, 2.75) is 6.92 Å². The molecule has 0 fully saturated rings. The summed E-state index contributed by atoms with van der Waals surface area (Å²) in [5, 5.41) is 19.3. The van der Waals surface area contributed by atoms with Gasteiger partial charge in [-0.1, -0.05) is 0 Å². The highest BCUT2D eigenvalue weighted by atomic mass is 16.6. The number of benzene rings is 1. The van der Waals surface area contributed by atoms with E-state index < -0.39 is 4.92 Å². The zero-order chi connectivity index (χ0) is 15.0. The van der Waals surface area contributed by atoms with Crippen LogP contribution < -0.4 is 5.32 Å². The van der Waals surface area contributed by atoms with Crippen molar-refractivity contribution in [1.29, 1.82) is 0 Å². The maximum Gasteiger partial charge on any atom is 0.295 e. The van der Waals surface area contributed by atoms with Crippen LogP contribution in [0.3, 0.4) is 0 Å². The molecule has 0 atom stereocenters. The van der Waals surface area contributed by atoms with Gasteiger partial charge in [0, 0.05) is 36.6 Å². The number of hydrogen-bond acceptors (Lipinski definition) is 5. The summed E-state index contributed by atoms with van der Waals surface area (Å²) in [4.78, 5) is 14.8. The van der Waals surface area contributed by atoms with Gasteiger partial charge in [-0.3, -0.25) is 14.8 Å². The van der Waals surface area contributed by atoms with Crippen LogP contribution in [0.5, 0.6) is 0 Å². The van der Waals surface area contributed by atoms with Crippen LogP contribution in [0.25, 0.3) is 10.9 Å². The summed E-state index contributed by atoms with van der Waals surface area (Å²) >= 11 is 0. The van der Waals surface area contributed by atoms with Gasteiger partial charge in [-0.15, -0.1) is 0 Å². The van der Waals surface area contributed by atoms with E-state index in [4.69, 9.17) is 0 Å². The molecule has 1 N–H and O–H groups in total. The molecule has 0 bridgehead atoms. The summed E-state index contributed by atoms with van der Waals surface area (Å²) in [6.07, 6.45) is 3.41. The number of nitro benzene ring substituents is 1. The largest absolute Gasteiger partial charge is 0.352 e. The smallest absolute Gasteiger partial charge is 0.295 e. The van der Waals surface area contributed by atoms with Crippen LogP contribution in [0.15, 0.2) is 36.7 Å². The Morgan fingerprint density at radius 1 is 1.29 bits per heavy atom. The topological polar surface area (TPSA) is 85.9 Å². The zero-order valence-corrected chi connectivity index (χ0v) is 11.6. The van der Waals surface area contributed by atoms with Gasteiger partial charge in [0.15, 0.2) is 0 Å². The number of nitrogens with zero attached hydrogens (tertiary/aromatic N) is 4. The first-order valence-corrected chi connectivity index (χ1v) is 6.35. The number of rotatable bonds is 3. The van der Waals surface area contributed by atoms with E-state index in [1.807, 2.05) is 26.2 Å². The maximum atomic E-state index is 11.1. The van der Waals surface area contributed by atoms with Gasteiger partial charge in [0.05, 0.1) is 16.3 Å². The Kier molecular flexibility index (Phi) is 3.02. The number of fused-ring (bicyclic) bond motifs is 1. The molecule has 3 aromatic rings. The molecule has 0 aliphatic rings. The van der Waals surface area contributed by atoms with Gasteiger partial charge in [-0.25, -0.2) is 4.98 Å². The molecule has 1 aromatic carbocycles. The molecule has 7 heteroatoms. The Hall–Kier alpha value is -2.96. The summed E-state index contributed by atoms with van der Waals surface area (Å²) in [5.41, 5.74) is 2.84. The van der Waals surface area contributed by atoms with Crippen LogP contribution in [-0.2, 0) is 7.05 Å². The van der Waals surface area contributed by atoms with Crippen molar-refractivity contribution in [3.05, 3.63) is 52.5 Å². The summed E-state index contributed by atoms with van der Waals surface area (Å²) in [7, 11) is 1.84. The molecule has 7 nitrogen and oxygen atoms in total. The van der Waals surface area contributed by atoms with Crippen LogP contribution in [0.2, 0.25) is 0 Å². The minimum atomic E-state index is -0.422. The summed E-state index contributed by atoms with van der Waals surface area (Å²) in [6.45, 7) is 1.90. The van der Waals surface area contributed by atoms with Crippen molar-refractivity contribution in [1.82, 2.24) is 14.8 Å². The minimum absolute atomic E-state index is 0.000872. The number of anilines is 2. The molecule has 2 heterocycles. The second-order valence-corrected chi connectivity index (χ2v) is 4.72. The second-order valence-electron chi connectivity index (χ2n) is 4.72. The number of pyridine rings is 1. The van der Waals surface area contributed by atoms with Gasteiger partial charge in [-0.05, 0) is 25.1 Å². The Morgan fingerprint density at radius 2 is 2.10 bits per heavy atom. The highest BCUT2D eigenvalue weighted by molar-refractivity contribution is 5.98. The SMILES string of the molecule is Cc1nn(C)cc1Nc1ccc([N+](=O)[O-])c2ncccc12. The molecule has 0 saturated carbocycles. The number of aromatic nitrogens is 3. The number of non-ortho nitro benzene ring substituents is 1. The summed E-state index contributed by atoms with van der Waals surface area (Å²) in [5.74, 6) is 0. The van der Waals surface area contributed by atoms with Crippen molar-refractivity contribution < 1.29 is 4.92 Å². The third-order valence-corrected chi connectivity index (χ3v) is 3.23. The quantitative estimate of drug-likeness (QED) is 0.590. The molecular weight excluding hydrogens is 270 g/mol. The summed E-state index contributed by atoms with van der Waals surface area (Å²) in [6, 6.07) is 6.72. The second kappa shape index (κ2) is 4.86. The molecule has 0 spiro atoms. The monoisotopic (exact) mass is 283 g/mol. The van der Waals surface area contributed by atoms with Crippen molar-refractivity contribution in [2.24, 2.45) is 7.05 Å². The third kappa shape index (κ3) is 2.29. The lowest BCUT2D eigenvalue weighted by Crippen LogP contribution is -1.96. The molecule has 0 aliphatic heterocycles. The normalized spacial score (nSPS) is 10.8. The van der Waals surface area contributed by atoms with Crippen LogP contribution in [-0.4, -0.2) is 19.7 Å². The van der Waals surface area contributed by atoms with E-state index in [1.54, 1.807) is 23.0 Å². The zero-order valence-electron chi connectivity index (χ0n) is 11.6. The van der Waals surface area contributed by atoms with Gasteiger partial charge in [-0.2, -0.15) is 5.10 Å². The van der Waals surface area contributed by atoms with Crippen molar-refractivity contribution in [3.8, 4) is 0 Å². The summed E-state index contributed by atoms with van der Waals surface area (Å²) < 4.78 is 1.71. The van der Waals surface area contributed by atoms with Gasteiger partial charge in [0.1, 0.15) is 5.52 Å². The maximum absolute atomic E-state index is 11.1. The van der Waals surface area contributed by atoms with E-state index in [-0.39, 0.29) is 5.69 Å². The molecular formula is C14H13N5O2. The molecule has 0 unspecified atom stereocenters. The lowest BCUT2D eigenvalue weighted by molar-refractivity contribution is -0.383. The molecule has 106 valence electrons. The van der Waals surface area contributed by atoms with Crippen molar-refractivity contribution >= 4 is 28.0 Å². The van der Waals surface area contributed by atoms with Crippen molar-refractivity contribution in [3.63, 3.8) is 0 Å². The molecule has 0 saturated heterocycles. The number of hydrogen-bond donors (Lipinski definition) is 1. The van der Waals surface area contributed by atoms with Crippen LogP contribution in [0.1, 0.15) is 5.69 Å². The predicted octanol–water partition coefficient (Wildman–Crippen LogP) is 2.93. The fraction of sp³-hybridized carbons (Fsp3) is 0.143. The Labute approximate surface area is 120 Å². The Balaban J connectivity index is 2.14. The van der Waals surface area contributed by atoms with E-state index in [0.717, 1.165) is 17.1 Å². The van der Waals surface area contributed by atoms with E-state index in [2.05, 4.69) is 15.4 Å². The lowest BCUT2D eigenvalue weighted by atomic mass is 10.1. The Bertz CT molecular complexity index is 840. The number of aryl methyl sites for hydroxylation is 2. The molecule has 2 aromatic heterocycles. The molecule has 21 heavy (non-hydrogen) atoms. The van der Waals surface area contributed by atoms with Gasteiger partial charge >= 0.3 is 0 Å². The third-order valence-electron chi connectivity index (χ3n) is 3.23. The van der Waals surface area contributed by atoms with Crippen LogP contribution >= 0.6 is 0 Å². The van der Waals surface area contributed by atoms with Gasteiger partial charge in [0.25, 0.3) is 5.69 Å². The van der Waals surface area contributed by atoms with Crippen LogP contribution in [0.4, 0.5) is 17.1 Å².